The molecular weight excluding hydrogens is 378 g/mol. The number of nitrogens with zero attached hydrogens (tertiary/aromatic N) is 1. The highest BCUT2D eigenvalue weighted by Crippen LogP contribution is 2.42. The first kappa shape index (κ1) is 18.2. The van der Waals surface area contributed by atoms with E-state index in [-0.39, 0.29) is 17.9 Å². The molecule has 5 heteroatoms. The summed E-state index contributed by atoms with van der Waals surface area (Å²) in [6.07, 6.45) is -0.296. The number of hydrogen-bond acceptors (Lipinski definition) is 3. The largest absolute Gasteiger partial charge is 0.385 e. The van der Waals surface area contributed by atoms with Gasteiger partial charge in [-0.3, -0.25) is 4.79 Å². The van der Waals surface area contributed by atoms with Crippen molar-refractivity contribution >= 4 is 28.8 Å². The minimum absolute atomic E-state index is 0.0141. The van der Waals surface area contributed by atoms with Gasteiger partial charge < -0.3 is 10.0 Å². The third-order valence-corrected chi connectivity index (χ3v) is 6.70. The molecule has 138 valence electrons. The Labute approximate surface area is 167 Å². The molecule has 1 aliphatic rings. The maximum atomic E-state index is 12.4. The van der Waals surface area contributed by atoms with Crippen molar-refractivity contribution in [2.24, 2.45) is 0 Å². The standard InChI is InChI=1S/C22H20ClNO2S/c1-24-20(25)13-17(14-5-3-2-4-6-14)21(24)22(26)19-12-11-18(27-19)15-7-9-16(23)10-8-15/h2-12,17,21-22,26H,13H2,1H3/t17-,21-,22-/m1/s1. The van der Waals surface area contributed by atoms with Crippen molar-refractivity contribution in [1.29, 1.82) is 0 Å². The minimum atomic E-state index is -0.724. The van der Waals surface area contributed by atoms with Crippen molar-refractivity contribution in [1.82, 2.24) is 4.90 Å². The third kappa shape index (κ3) is 3.53. The molecule has 4 rings (SSSR count). The van der Waals surface area contributed by atoms with Crippen LogP contribution in [0.3, 0.4) is 0 Å². The molecule has 1 saturated heterocycles. The second-order valence-electron chi connectivity index (χ2n) is 6.87. The van der Waals surface area contributed by atoms with E-state index in [1.807, 2.05) is 66.7 Å². The SMILES string of the molecule is CN1C(=O)C[C@H](c2ccccc2)[C@@H]1[C@H](O)c1ccc(-c2ccc(Cl)cc2)s1. The van der Waals surface area contributed by atoms with Gasteiger partial charge in [-0.15, -0.1) is 11.3 Å². The summed E-state index contributed by atoms with van der Waals surface area (Å²) < 4.78 is 0. The molecule has 1 fully saturated rings. The minimum Gasteiger partial charge on any atom is -0.385 e. The molecule has 1 aliphatic heterocycles. The summed E-state index contributed by atoms with van der Waals surface area (Å²) in [5.74, 6) is 0.0576. The molecule has 1 amide bonds. The molecule has 0 unspecified atom stereocenters. The number of likely N-dealkylation sites (N-methyl/N-ethyl adjacent to an activating group) is 1. The molecule has 1 N–H and O–H groups in total. The summed E-state index contributed by atoms with van der Waals surface area (Å²) in [5, 5.41) is 11.8. The predicted octanol–water partition coefficient (Wildman–Crippen LogP) is 5.12. The Kier molecular flexibility index (Phi) is 5.04. The van der Waals surface area contributed by atoms with Crippen molar-refractivity contribution in [2.45, 2.75) is 24.5 Å². The van der Waals surface area contributed by atoms with Crippen LogP contribution in [-0.2, 0) is 4.79 Å². The zero-order valence-corrected chi connectivity index (χ0v) is 16.5. The van der Waals surface area contributed by atoms with Gasteiger partial charge in [-0.25, -0.2) is 0 Å². The van der Waals surface area contributed by atoms with Crippen LogP contribution in [0.2, 0.25) is 5.02 Å². The fraction of sp³-hybridized carbons (Fsp3) is 0.227. The molecule has 0 bridgehead atoms. The first-order chi connectivity index (χ1) is 13.0. The van der Waals surface area contributed by atoms with E-state index in [0.29, 0.717) is 11.4 Å². The van der Waals surface area contributed by atoms with Crippen molar-refractivity contribution in [3.05, 3.63) is 82.2 Å². The molecular formula is C22H20ClNO2S. The third-order valence-electron chi connectivity index (χ3n) is 5.25. The van der Waals surface area contributed by atoms with Crippen LogP contribution in [0, 0.1) is 0 Å². The first-order valence-corrected chi connectivity index (χ1v) is 10.1. The van der Waals surface area contributed by atoms with Crippen LogP contribution in [0.4, 0.5) is 0 Å². The van der Waals surface area contributed by atoms with Crippen LogP contribution in [-0.4, -0.2) is 29.0 Å². The van der Waals surface area contributed by atoms with Crippen molar-refractivity contribution in [3.8, 4) is 10.4 Å². The van der Waals surface area contributed by atoms with Gasteiger partial charge in [0.05, 0.1) is 6.04 Å². The highest BCUT2D eigenvalue weighted by Gasteiger charge is 2.43. The van der Waals surface area contributed by atoms with Crippen molar-refractivity contribution in [2.75, 3.05) is 7.05 Å². The quantitative estimate of drug-likeness (QED) is 0.664. The molecule has 3 atom stereocenters. The second kappa shape index (κ2) is 7.47. The number of rotatable bonds is 4. The summed E-state index contributed by atoms with van der Waals surface area (Å²) in [6, 6.07) is 21.4. The predicted molar refractivity (Wildman–Crippen MR) is 110 cm³/mol. The summed E-state index contributed by atoms with van der Waals surface area (Å²) in [7, 11) is 1.78. The number of thiophene rings is 1. The number of amides is 1. The van der Waals surface area contributed by atoms with Crippen LogP contribution >= 0.6 is 22.9 Å². The Morgan fingerprint density at radius 2 is 1.78 bits per heavy atom. The summed E-state index contributed by atoms with van der Waals surface area (Å²) in [4.78, 5) is 16.0. The van der Waals surface area contributed by atoms with E-state index in [4.69, 9.17) is 11.6 Å². The molecule has 2 aromatic carbocycles. The fourth-order valence-corrected chi connectivity index (χ4v) is 4.95. The topological polar surface area (TPSA) is 40.5 Å². The Bertz CT molecular complexity index is 938. The van der Waals surface area contributed by atoms with E-state index in [1.54, 1.807) is 23.3 Å². The number of benzene rings is 2. The second-order valence-corrected chi connectivity index (χ2v) is 8.42. The van der Waals surface area contributed by atoms with Gasteiger partial charge in [0.2, 0.25) is 5.91 Å². The summed E-state index contributed by atoms with van der Waals surface area (Å²) in [6.45, 7) is 0. The average molecular weight is 398 g/mol. The van der Waals surface area contributed by atoms with Gasteiger partial charge in [0, 0.05) is 34.2 Å². The van der Waals surface area contributed by atoms with E-state index in [1.165, 1.54) is 0 Å². The van der Waals surface area contributed by atoms with E-state index in [9.17, 15) is 9.90 Å². The van der Waals surface area contributed by atoms with Crippen LogP contribution in [0.1, 0.15) is 28.9 Å². The molecule has 2 heterocycles. The lowest BCUT2D eigenvalue weighted by atomic mass is 9.88. The monoisotopic (exact) mass is 397 g/mol. The number of carbonyl (C=O) groups is 1. The van der Waals surface area contributed by atoms with Crippen LogP contribution in [0.25, 0.3) is 10.4 Å². The van der Waals surface area contributed by atoms with Gasteiger partial charge in [-0.2, -0.15) is 0 Å². The molecule has 0 radical (unpaired) electrons. The zero-order chi connectivity index (χ0) is 19.0. The highest BCUT2D eigenvalue weighted by molar-refractivity contribution is 7.15. The van der Waals surface area contributed by atoms with Crippen LogP contribution in [0.15, 0.2) is 66.7 Å². The van der Waals surface area contributed by atoms with Crippen LogP contribution < -0.4 is 0 Å². The number of carbonyl (C=O) groups excluding carboxylic acids is 1. The first-order valence-electron chi connectivity index (χ1n) is 8.89. The lowest BCUT2D eigenvalue weighted by Crippen LogP contribution is -2.36. The molecule has 27 heavy (non-hydrogen) atoms. The van der Waals surface area contributed by atoms with Gasteiger partial charge in [0.15, 0.2) is 0 Å². The highest BCUT2D eigenvalue weighted by atomic mass is 35.5. The van der Waals surface area contributed by atoms with Crippen LogP contribution in [0.5, 0.6) is 0 Å². The molecule has 3 aromatic rings. The number of aliphatic hydroxyl groups excluding tert-OH is 1. The fourth-order valence-electron chi connectivity index (χ4n) is 3.79. The molecule has 3 nitrogen and oxygen atoms in total. The van der Waals surface area contributed by atoms with Crippen molar-refractivity contribution in [3.63, 3.8) is 0 Å². The lowest BCUT2D eigenvalue weighted by Gasteiger charge is -2.29. The van der Waals surface area contributed by atoms with Gasteiger partial charge in [0.1, 0.15) is 6.10 Å². The van der Waals surface area contributed by atoms with Gasteiger partial charge in [-0.05, 0) is 35.4 Å². The summed E-state index contributed by atoms with van der Waals surface area (Å²) in [5.41, 5.74) is 2.16. The van der Waals surface area contributed by atoms with E-state index >= 15 is 0 Å². The zero-order valence-electron chi connectivity index (χ0n) is 14.9. The Balaban J connectivity index is 1.63. The Morgan fingerprint density at radius 1 is 1.07 bits per heavy atom. The van der Waals surface area contributed by atoms with E-state index in [2.05, 4.69) is 0 Å². The number of aliphatic hydroxyl groups is 1. The van der Waals surface area contributed by atoms with Gasteiger partial charge in [-0.1, -0.05) is 54.1 Å². The maximum Gasteiger partial charge on any atom is 0.223 e. The summed E-state index contributed by atoms with van der Waals surface area (Å²) >= 11 is 7.53. The average Bonchev–Trinajstić information content (AvgIpc) is 3.28. The number of hydrogen-bond donors (Lipinski definition) is 1. The van der Waals surface area contributed by atoms with E-state index in [0.717, 1.165) is 20.9 Å². The number of halogens is 1. The molecule has 0 saturated carbocycles. The maximum absolute atomic E-state index is 12.4. The molecule has 1 aromatic heterocycles. The Morgan fingerprint density at radius 3 is 2.48 bits per heavy atom. The smallest absolute Gasteiger partial charge is 0.223 e. The molecule has 0 aliphatic carbocycles. The van der Waals surface area contributed by atoms with Gasteiger partial charge in [0.25, 0.3) is 0 Å². The Hall–Kier alpha value is -2.14. The lowest BCUT2D eigenvalue weighted by molar-refractivity contribution is -0.128. The van der Waals surface area contributed by atoms with Gasteiger partial charge >= 0.3 is 0 Å². The van der Waals surface area contributed by atoms with E-state index < -0.39 is 6.10 Å². The normalized spacial score (nSPS) is 20.9. The van der Waals surface area contributed by atoms with Crippen molar-refractivity contribution < 1.29 is 9.90 Å². The number of likely N-dealkylation sites (tertiary alicyclic amines) is 1. The molecule has 0 spiro atoms.